The first kappa shape index (κ1) is 17.0. The highest BCUT2D eigenvalue weighted by Crippen LogP contribution is 2.51. The maximum Gasteiger partial charge on any atom is 0.185 e. The zero-order valence-corrected chi connectivity index (χ0v) is 14.9. The standard InChI is InChI=1S/C16H25N3O2Si/c1-15(21-22(2,3)4,14-9-6-5-7-10-14)16(13-20-16)11-8-12-18-19-17/h5-7,9-10H,8,11-13H2,1-4H3. The van der Waals surface area contributed by atoms with Gasteiger partial charge >= 0.3 is 0 Å². The molecule has 5 nitrogen and oxygen atoms in total. The van der Waals surface area contributed by atoms with Crippen molar-refractivity contribution in [1.82, 2.24) is 0 Å². The summed E-state index contributed by atoms with van der Waals surface area (Å²) in [7, 11) is -1.76. The van der Waals surface area contributed by atoms with Crippen molar-refractivity contribution in [3.05, 3.63) is 46.3 Å². The largest absolute Gasteiger partial charge is 0.405 e. The van der Waals surface area contributed by atoms with Crippen molar-refractivity contribution in [2.75, 3.05) is 13.2 Å². The van der Waals surface area contributed by atoms with Crippen molar-refractivity contribution in [3.8, 4) is 0 Å². The summed E-state index contributed by atoms with van der Waals surface area (Å²) in [6.45, 7) is 9.93. The predicted octanol–water partition coefficient (Wildman–Crippen LogP) is 4.61. The lowest BCUT2D eigenvalue weighted by Gasteiger charge is -2.41. The number of benzene rings is 1. The first-order valence-corrected chi connectivity index (χ1v) is 11.1. The number of epoxide rings is 1. The molecule has 2 atom stereocenters. The summed E-state index contributed by atoms with van der Waals surface area (Å²) in [6.07, 6.45) is 1.64. The SMILES string of the molecule is CC(O[Si](C)(C)C)(c1ccccc1)C1(CCCN=[N+]=[N-])CO1. The smallest absolute Gasteiger partial charge is 0.185 e. The number of rotatable bonds is 8. The van der Waals surface area contributed by atoms with E-state index < -0.39 is 13.9 Å². The summed E-state index contributed by atoms with van der Waals surface area (Å²) in [5.41, 5.74) is 8.79. The topological polar surface area (TPSA) is 70.5 Å². The van der Waals surface area contributed by atoms with Crippen molar-refractivity contribution in [1.29, 1.82) is 0 Å². The van der Waals surface area contributed by atoms with Crippen molar-refractivity contribution in [2.45, 2.75) is 50.6 Å². The molecule has 1 aromatic rings. The zero-order valence-electron chi connectivity index (χ0n) is 13.9. The summed E-state index contributed by atoms with van der Waals surface area (Å²) < 4.78 is 12.5. The number of hydrogen-bond acceptors (Lipinski definition) is 3. The van der Waals surface area contributed by atoms with Gasteiger partial charge in [-0.1, -0.05) is 35.4 Å². The van der Waals surface area contributed by atoms with E-state index in [1.165, 1.54) is 0 Å². The van der Waals surface area contributed by atoms with Gasteiger partial charge in [0.25, 0.3) is 0 Å². The molecule has 1 aromatic carbocycles. The lowest BCUT2D eigenvalue weighted by atomic mass is 9.80. The summed E-state index contributed by atoms with van der Waals surface area (Å²) in [5, 5.41) is 3.62. The van der Waals surface area contributed by atoms with Crippen molar-refractivity contribution in [2.24, 2.45) is 5.11 Å². The van der Waals surface area contributed by atoms with E-state index in [9.17, 15) is 0 Å². The van der Waals surface area contributed by atoms with E-state index in [0.717, 1.165) is 18.4 Å². The highest BCUT2D eigenvalue weighted by Gasteiger charge is 2.61. The second kappa shape index (κ2) is 6.42. The van der Waals surface area contributed by atoms with Crippen molar-refractivity contribution in [3.63, 3.8) is 0 Å². The molecule has 1 fully saturated rings. The molecule has 0 N–H and O–H groups in total. The Bertz CT molecular complexity index is 548. The van der Waals surface area contributed by atoms with E-state index in [0.29, 0.717) is 13.2 Å². The Kier molecular flexibility index (Phi) is 4.97. The molecule has 2 rings (SSSR count). The monoisotopic (exact) mass is 319 g/mol. The lowest BCUT2D eigenvalue weighted by Crippen LogP contribution is -2.49. The Morgan fingerprint density at radius 2 is 2.00 bits per heavy atom. The molecule has 1 aliphatic heterocycles. The molecule has 1 heterocycles. The highest BCUT2D eigenvalue weighted by molar-refractivity contribution is 6.69. The molecule has 0 aromatic heterocycles. The van der Waals surface area contributed by atoms with Crippen molar-refractivity contribution >= 4 is 8.32 Å². The number of nitrogens with zero attached hydrogens (tertiary/aromatic N) is 3. The fourth-order valence-corrected chi connectivity index (χ4v) is 4.54. The van der Waals surface area contributed by atoms with Crippen LogP contribution in [0.25, 0.3) is 10.4 Å². The summed E-state index contributed by atoms with van der Waals surface area (Å²) in [5.74, 6) is 0. The Labute approximate surface area is 133 Å². The fourth-order valence-electron chi connectivity index (χ4n) is 3.01. The molecular weight excluding hydrogens is 294 g/mol. The van der Waals surface area contributed by atoms with Crippen LogP contribution in [-0.2, 0) is 14.8 Å². The lowest BCUT2D eigenvalue weighted by molar-refractivity contribution is -0.0147. The molecular formula is C16H25N3O2Si. The summed E-state index contributed by atoms with van der Waals surface area (Å²) >= 11 is 0. The van der Waals surface area contributed by atoms with E-state index in [2.05, 4.69) is 48.7 Å². The van der Waals surface area contributed by atoms with Gasteiger partial charge in [0.15, 0.2) is 8.32 Å². The van der Waals surface area contributed by atoms with Gasteiger partial charge in [0, 0.05) is 11.5 Å². The second-order valence-electron chi connectivity index (χ2n) is 6.95. The quantitative estimate of drug-likeness (QED) is 0.175. The van der Waals surface area contributed by atoms with Crippen LogP contribution < -0.4 is 0 Å². The second-order valence-corrected chi connectivity index (χ2v) is 11.4. The van der Waals surface area contributed by atoms with E-state index in [1.807, 2.05) is 18.2 Å². The van der Waals surface area contributed by atoms with Crippen LogP contribution in [0.1, 0.15) is 25.3 Å². The molecule has 6 heteroatoms. The fraction of sp³-hybridized carbons (Fsp3) is 0.625. The molecule has 120 valence electrons. The summed E-state index contributed by atoms with van der Waals surface area (Å²) in [4.78, 5) is 2.82. The van der Waals surface area contributed by atoms with Crippen molar-refractivity contribution < 1.29 is 9.16 Å². The molecule has 0 radical (unpaired) electrons. The molecule has 0 spiro atoms. The Balaban J connectivity index is 2.26. The normalized spacial score (nSPS) is 23.5. The van der Waals surface area contributed by atoms with Crippen LogP contribution in [0.5, 0.6) is 0 Å². The molecule has 0 bridgehead atoms. The van der Waals surface area contributed by atoms with Crippen LogP contribution in [0.4, 0.5) is 0 Å². The third-order valence-electron chi connectivity index (χ3n) is 4.10. The van der Waals surface area contributed by atoms with Crippen LogP contribution >= 0.6 is 0 Å². The first-order valence-electron chi connectivity index (χ1n) is 7.74. The van der Waals surface area contributed by atoms with Gasteiger partial charge < -0.3 is 9.16 Å². The van der Waals surface area contributed by atoms with Gasteiger partial charge in [-0.3, -0.25) is 0 Å². The minimum absolute atomic E-state index is 0.306. The third kappa shape index (κ3) is 3.70. The molecule has 0 saturated carbocycles. The average molecular weight is 319 g/mol. The van der Waals surface area contributed by atoms with E-state index in [-0.39, 0.29) is 5.60 Å². The van der Waals surface area contributed by atoms with Gasteiger partial charge in [-0.25, -0.2) is 0 Å². The number of hydrogen-bond donors (Lipinski definition) is 0. The van der Waals surface area contributed by atoms with E-state index >= 15 is 0 Å². The highest BCUT2D eigenvalue weighted by atomic mass is 28.4. The van der Waals surface area contributed by atoms with Gasteiger partial charge in [-0.15, -0.1) is 0 Å². The molecule has 1 saturated heterocycles. The van der Waals surface area contributed by atoms with Gasteiger partial charge in [-0.05, 0) is 50.5 Å². The van der Waals surface area contributed by atoms with E-state index in [1.54, 1.807) is 0 Å². The number of azide groups is 1. The Morgan fingerprint density at radius 3 is 2.50 bits per heavy atom. The molecule has 2 unspecified atom stereocenters. The summed E-state index contributed by atoms with van der Waals surface area (Å²) in [6, 6.07) is 10.3. The van der Waals surface area contributed by atoms with Gasteiger partial charge in [-0.2, -0.15) is 0 Å². The maximum atomic E-state index is 8.41. The zero-order chi connectivity index (χ0) is 16.3. The minimum atomic E-state index is -1.76. The van der Waals surface area contributed by atoms with Crippen LogP contribution in [0.3, 0.4) is 0 Å². The van der Waals surface area contributed by atoms with Crippen LogP contribution in [-0.4, -0.2) is 27.1 Å². The maximum absolute atomic E-state index is 8.41. The molecule has 0 amide bonds. The molecule has 1 aliphatic rings. The van der Waals surface area contributed by atoms with Crippen LogP contribution in [0.15, 0.2) is 35.4 Å². The third-order valence-corrected chi connectivity index (χ3v) is 5.12. The average Bonchev–Trinajstić information content (AvgIpc) is 3.24. The van der Waals surface area contributed by atoms with E-state index in [4.69, 9.17) is 14.7 Å². The Morgan fingerprint density at radius 1 is 1.36 bits per heavy atom. The number of ether oxygens (including phenoxy) is 1. The van der Waals surface area contributed by atoms with Gasteiger partial charge in [0.2, 0.25) is 0 Å². The first-order chi connectivity index (χ1) is 10.3. The van der Waals surface area contributed by atoms with Gasteiger partial charge in [0.05, 0.1) is 6.61 Å². The molecule has 0 aliphatic carbocycles. The minimum Gasteiger partial charge on any atom is -0.405 e. The van der Waals surface area contributed by atoms with Gasteiger partial charge in [0.1, 0.15) is 11.2 Å². The Hall–Kier alpha value is -1.33. The molecule has 22 heavy (non-hydrogen) atoms. The predicted molar refractivity (Wildman–Crippen MR) is 90.2 cm³/mol. The van der Waals surface area contributed by atoms with Crippen LogP contribution in [0.2, 0.25) is 19.6 Å². The van der Waals surface area contributed by atoms with Crippen LogP contribution in [0, 0.1) is 0 Å².